The van der Waals surface area contributed by atoms with Gasteiger partial charge in [-0.15, -0.1) is 0 Å². The second-order valence-corrected chi connectivity index (χ2v) is 6.61. The minimum Gasteiger partial charge on any atom is -0.465 e. The fourth-order valence-electron chi connectivity index (χ4n) is 4.28. The van der Waals surface area contributed by atoms with Crippen LogP contribution in [0.4, 0.5) is 4.39 Å². The van der Waals surface area contributed by atoms with Crippen LogP contribution in [0.5, 0.6) is 0 Å². The average molecular weight is 362 g/mol. The average Bonchev–Trinajstić information content (AvgIpc) is 3.10. The molecule has 1 aromatic carbocycles. The van der Waals surface area contributed by atoms with Gasteiger partial charge in [-0.2, -0.15) is 0 Å². The second-order valence-electron chi connectivity index (χ2n) is 6.61. The lowest BCUT2D eigenvalue weighted by Crippen LogP contribution is -2.56. The number of halogens is 1. The third kappa shape index (κ3) is 2.45. The van der Waals surface area contributed by atoms with E-state index in [9.17, 15) is 18.8 Å². The molecule has 0 bridgehead atoms. The topological polar surface area (TPSA) is 75.7 Å². The van der Waals surface area contributed by atoms with Crippen LogP contribution in [-0.2, 0) is 19.1 Å². The van der Waals surface area contributed by atoms with Crippen molar-refractivity contribution in [2.45, 2.75) is 38.8 Å². The van der Waals surface area contributed by atoms with E-state index in [1.165, 1.54) is 6.07 Å². The molecule has 26 heavy (non-hydrogen) atoms. The number of carbonyl (C=O) groups is 3. The lowest BCUT2D eigenvalue weighted by Gasteiger charge is -2.31. The third-order valence-electron chi connectivity index (χ3n) is 5.50. The summed E-state index contributed by atoms with van der Waals surface area (Å²) < 4.78 is 19.7. The lowest BCUT2D eigenvalue weighted by atomic mass is 9.78. The van der Waals surface area contributed by atoms with E-state index in [2.05, 4.69) is 5.32 Å². The van der Waals surface area contributed by atoms with Crippen molar-refractivity contribution in [3.8, 4) is 0 Å². The van der Waals surface area contributed by atoms with Gasteiger partial charge in [0.2, 0.25) is 11.8 Å². The van der Waals surface area contributed by atoms with Gasteiger partial charge < -0.3 is 4.74 Å². The molecule has 140 valence electrons. The number of imide groups is 1. The Labute approximate surface area is 151 Å². The van der Waals surface area contributed by atoms with Crippen molar-refractivity contribution in [1.82, 2.24) is 10.2 Å². The van der Waals surface area contributed by atoms with E-state index < -0.39 is 41.1 Å². The van der Waals surface area contributed by atoms with Crippen molar-refractivity contribution in [3.05, 3.63) is 35.6 Å². The van der Waals surface area contributed by atoms with Crippen molar-refractivity contribution in [1.29, 1.82) is 0 Å². The van der Waals surface area contributed by atoms with Crippen LogP contribution in [0.2, 0.25) is 0 Å². The molecule has 2 amide bonds. The Morgan fingerprint density at radius 3 is 2.50 bits per heavy atom. The fourth-order valence-corrected chi connectivity index (χ4v) is 4.28. The number of ether oxygens (including phenoxy) is 1. The maximum absolute atomic E-state index is 14.4. The molecule has 1 aromatic rings. The summed E-state index contributed by atoms with van der Waals surface area (Å²) >= 11 is 0. The molecule has 2 saturated heterocycles. The first-order chi connectivity index (χ1) is 12.4. The number of nitrogens with zero attached hydrogens (tertiary/aromatic N) is 1. The summed E-state index contributed by atoms with van der Waals surface area (Å²) in [6.45, 7) is 5.53. The highest BCUT2D eigenvalue weighted by Crippen LogP contribution is 2.50. The Kier molecular flexibility index (Phi) is 4.84. The van der Waals surface area contributed by atoms with Crippen LogP contribution in [0.3, 0.4) is 0 Å². The number of hydrogen-bond acceptors (Lipinski definition) is 5. The van der Waals surface area contributed by atoms with Gasteiger partial charge in [-0.05, 0) is 26.3 Å². The number of amides is 2. The summed E-state index contributed by atoms with van der Waals surface area (Å²) in [5.41, 5.74) is -1.06. The van der Waals surface area contributed by atoms with Crippen LogP contribution < -0.4 is 5.32 Å². The van der Waals surface area contributed by atoms with Gasteiger partial charge in [0.15, 0.2) is 0 Å². The normalized spacial score (nSPS) is 30.6. The maximum atomic E-state index is 14.4. The van der Waals surface area contributed by atoms with Gasteiger partial charge in [0, 0.05) is 18.2 Å². The molecule has 0 aliphatic carbocycles. The maximum Gasteiger partial charge on any atom is 0.327 e. The van der Waals surface area contributed by atoms with Crippen LogP contribution in [0, 0.1) is 17.7 Å². The lowest BCUT2D eigenvalue weighted by molar-refractivity contribution is -0.156. The molecule has 2 heterocycles. The van der Waals surface area contributed by atoms with E-state index in [1.807, 2.05) is 0 Å². The van der Waals surface area contributed by atoms with E-state index in [0.29, 0.717) is 0 Å². The summed E-state index contributed by atoms with van der Waals surface area (Å²) in [6.07, 6.45) is 0.258. The summed E-state index contributed by atoms with van der Waals surface area (Å²) in [7, 11) is 0. The summed E-state index contributed by atoms with van der Waals surface area (Å²) in [4.78, 5) is 39.8. The minimum atomic E-state index is -1.34. The molecule has 0 saturated carbocycles. The van der Waals surface area contributed by atoms with Crippen LogP contribution in [-0.4, -0.2) is 41.4 Å². The van der Waals surface area contributed by atoms with E-state index in [-0.39, 0.29) is 31.0 Å². The molecule has 0 unspecified atom stereocenters. The second kappa shape index (κ2) is 6.79. The van der Waals surface area contributed by atoms with Crippen LogP contribution in [0.25, 0.3) is 0 Å². The van der Waals surface area contributed by atoms with E-state index >= 15 is 0 Å². The Morgan fingerprint density at radius 1 is 1.23 bits per heavy atom. The molecule has 3 rings (SSSR count). The summed E-state index contributed by atoms with van der Waals surface area (Å²) in [6, 6.07) is 5.35. The zero-order valence-electron chi connectivity index (χ0n) is 15.1. The number of hydrogen-bond donors (Lipinski definition) is 1. The minimum absolute atomic E-state index is 0.156. The summed E-state index contributed by atoms with van der Waals surface area (Å²) in [5, 5.41) is 3.12. The standard InChI is InChI=1S/C19H23FN2O4/c1-4-19(18(25)26-6-3)14-13(16(23)22(5-2)17(14)24)15(21-19)11-9-7-8-10-12(11)20/h7-10,13-15,21H,4-6H2,1-3H3/t13-,14+,15-,19-/m0/s1. The van der Waals surface area contributed by atoms with Crippen LogP contribution >= 0.6 is 0 Å². The molecular formula is C19H23FN2O4. The Bertz CT molecular complexity index is 753. The van der Waals surface area contributed by atoms with Gasteiger partial charge >= 0.3 is 5.97 Å². The first-order valence-corrected chi connectivity index (χ1v) is 8.97. The molecule has 4 atom stereocenters. The van der Waals surface area contributed by atoms with Gasteiger partial charge in [-0.3, -0.25) is 24.6 Å². The number of esters is 1. The SMILES string of the molecule is CCOC(=O)[C@@]1(CC)N[C@@H](c2ccccc2F)[C@H]2C(=O)N(CC)C(=O)[C@@H]21. The van der Waals surface area contributed by atoms with Gasteiger partial charge in [-0.1, -0.05) is 25.1 Å². The first-order valence-electron chi connectivity index (χ1n) is 8.97. The number of rotatable bonds is 5. The smallest absolute Gasteiger partial charge is 0.327 e. The molecule has 6 nitrogen and oxygen atoms in total. The van der Waals surface area contributed by atoms with Crippen molar-refractivity contribution in [3.63, 3.8) is 0 Å². The predicted molar refractivity (Wildman–Crippen MR) is 91.3 cm³/mol. The number of nitrogens with one attached hydrogen (secondary N) is 1. The quantitative estimate of drug-likeness (QED) is 0.639. The van der Waals surface area contributed by atoms with Crippen LogP contribution in [0.1, 0.15) is 38.8 Å². The number of likely N-dealkylation sites (tertiary alicyclic amines) is 1. The molecule has 2 fully saturated rings. The van der Waals surface area contributed by atoms with Crippen molar-refractivity contribution < 1.29 is 23.5 Å². The first kappa shape index (κ1) is 18.5. The number of fused-ring (bicyclic) bond motifs is 1. The molecule has 2 aliphatic rings. The monoisotopic (exact) mass is 362 g/mol. The fraction of sp³-hybridized carbons (Fsp3) is 0.526. The zero-order valence-corrected chi connectivity index (χ0v) is 15.1. The van der Waals surface area contributed by atoms with E-state index in [0.717, 1.165) is 4.90 Å². The van der Waals surface area contributed by atoms with Gasteiger partial charge in [-0.25, -0.2) is 4.39 Å². The number of benzene rings is 1. The Hall–Kier alpha value is -2.28. The van der Waals surface area contributed by atoms with Crippen molar-refractivity contribution in [2.75, 3.05) is 13.2 Å². The Balaban J connectivity index is 2.15. The third-order valence-corrected chi connectivity index (χ3v) is 5.50. The zero-order chi connectivity index (χ0) is 19.1. The van der Waals surface area contributed by atoms with E-state index in [1.54, 1.807) is 39.0 Å². The Morgan fingerprint density at radius 2 is 1.92 bits per heavy atom. The molecular weight excluding hydrogens is 339 g/mol. The molecule has 0 aromatic heterocycles. The highest BCUT2D eigenvalue weighted by molar-refractivity contribution is 6.09. The van der Waals surface area contributed by atoms with E-state index in [4.69, 9.17) is 4.74 Å². The van der Waals surface area contributed by atoms with Crippen LogP contribution in [0.15, 0.2) is 24.3 Å². The molecule has 2 aliphatic heterocycles. The van der Waals surface area contributed by atoms with Gasteiger partial charge in [0.25, 0.3) is 0 Å². The highest BCUT2D eigenvalue weighted by atomic mass is 19.1. The summed E-state index contributed by atoms with van der Waals surface area (Å²) in [5.74, 6) is -3.55. The molecule has 0 spiro atoms. The van der Waals surface area contributed by atoms with Crippen molar-refractivity contribution in [2.24, 2.45) is 11.8 Å². The highest BCUT2D eigenvalue weighted by Gasteiger charge is 2.68. The molecule has 7 heteroatoms. The molecule has 0 radical (unpaired) electrons. The number of carbonyl (C=O) groups excluding carboxylic acids is 3. The van der Waals surface area contributed by atoms with Crippen molar-refractivity contribution >= 4 is 17.8 Å². The largest absolute Gasteiger partial charge is 0.465 e. The van der Waals surface area contributed by atoms with Gasteiger partial charge in [0.05, 0.1) is 18.4 Å². The predicted octanol–water partition coefficient (Wildman–Crippen LogP) is 1.80. The molecule has 1 N–H and O–H groups in total. The van der Waals surface area contributed by atoms with Gasteiger partial charge in [0.1, 0.15) is 11.4 Å².